The van der Waals surface area contributed by atoms with Crippen LogP contribution in [0.2, 0.25) is 0 Å². The van der Waals surface area contributed by atoms with Crippen LogP contribution in [0.1, 0.15) is 40.1 Å². The highest BCUT2D eigenvalue weighted by molar-refractivity contribution is 7.13. The third-order valence-electron chi connectivity index (χ3n) is 2.76. The zero-order valence-corrected chi connectivity index (χ0v) is 10.1. The maximum atomic E-state index is 11.6. The molecule has 5 heteroatoms. The average molecular weight is 236 g/mol. The molecule has 1 fully saturated rings. The lowest BCUT2D eigenvalue weighted by atomic mass is 10.0. The van der Waals surface area contributed by atoms with Crippen LogP contribution >= 0.6 is 11.3 Å². The molecule has 0 saturated heterocycles. The van der Waals surface area contributed by atoms with Crippen molar-refractivity contribution in [3.05, 3.63) is 15.6 Å². The van der Waals surface area contributed by atoms with E-state index < -0.39 is 5.41 Å². The number of aryl methyl sites for hydroxylation is 1. The lowest BCUT2D eigenvalue weighted by molar-refractivity contribution is 0.0604. The van der Waals surface area contributed by atoms with Crippen molar-refractivity contribution < 1.29 is 9.53 Å². The summed E-state index contributed by atoms with van der Waals surface area (Å²) in [6.45, 7) is 1.98. The molecule has 0 N–H and O–H groups in total. The first-order valence-corrected chi connectivity index (χ1v) is 5.98. The van der Waals surface area contributed by atoms with Crippen molar-refractivity contribution in [1.82, 2.24) is 4.98 Å². The summed E-state index contributed by atoms with van der Waals surface area (Å²) in [5, 5.41) is 10.0. The van der Waals surface area contributed by atoms with E-state index >= 15 is 0 Å². The van der Waals surface area contributed by atoms with Gasteiger partial charge in [0, 0.05) is 0 Å². The van der Waals surface area contributed by atoms with Crippen molar-refractivity contribution >= 4 is 17.3 Å². The first kappa shape index (κ1) is 11.1. The normalized spacial score (nSPS) is 16.6. The molecule has 1 saturated carbocycles. The predicted octanol–water partition coefficient (Wildman–Crippen LogP) is 2.05. The Morgan fingerprint density at radius 1 is 1.69 bits per heavy atom. The Hall–Kier alpha value is -1.41. The number of hydrogen-bond donors (Lipinski definition) is 0. The summed E-state index contributed by atoms with van der Waals surface area (Å²) in [6.07, 6.45) is 2.36. The van der Waals surface area contributed by atoms with Gasteiger partial charge in [-0.15, -0.1) is 11.3 Å². The summed E-state index contributed by atoms with van der Waals surface area (Å²) in [5.74, 6) is -0.381. The van der Waals surface area contributed by atoms with Crippen molar-refractivity contribution in [3.8, 4) is 6.07 Å². The van der Waals surface area contributed by atoms with Gasteiger partial charge in [-0.2, -0.15) is 5.26 Å². The SMILES string of the molecule is CCc1nc(C2(C#N)CC2)c(C(=O)OC)s1. The Bertz CT molecular complexity index is 469. The van der Waals surface area contributed by atoms with E-state index in [4.69, 9.17) is 10.00 Å². The van der Waals surface area contributed by atoms with Crippen LogP contribution in [0.25, 0.3) is 0 Å². The van der Waals surface area contributed by atoms with Crippen LogP contribution in [0.4, 0.5) is 0 Å². The van der Waals surface area contributed by atoms with Crippen molar-refractivity contribution in [2.75, 3.05) is 7.11 Å². The van der Waals surface area contributed by atoms with Crippen LogP contribution in [-0.2, 0) is 16.6 Å². The van der Waals surface area contributed by atoms with E-state index in [0.717, 1.165) is 24.3 Å². The van der Waals surface area contributed by atoms with Crippen molar-refractivity contribution in [1.29, 1.82) is 5.26 Å². The van der Waals surface area contributed by atoms with Crippen LogP contribution in [-0.4, -0.2) is 18.1 Å². The third kappa shape index (κ3) is 1.59. The number of carbonyl (C=O) groups excluding carboxylic acids is 1. The van der Waals surface area contributed by atoms with Gasteiger partial charge in [0.15, 0.2) is 0 Å². The monoisotopic (exact) mass is 236 g/mol. The van der Waals surface area contributed by atoms with E-state index in [9.17, 15) is 4.79 Å². The molecule has 0 amide bonds. The molecule has 0 aliphatic heterocycles. The number of hydrogen-bond acceptors (Lipinski definition) is 5. The number of thiazole rings is 1. The molecular weight excluding hydrogens is 224 g/mol. The fourth-order valence-electron chi connectivity index (χ4n) is 1.60. The van der Waals surface area contributed by atoms with E-state index in [1.807, 2.05) is 6.92 Å². The molecule has 0 bridgehead atoms. The fraction of sp³-hybridized carbons (Fsp3) is 0.545. The van der Waals surface area contributed by atoms with Gasteiger partial charge in [0.2, 0.25) is 0 Å². The fourth-order valence-corrected chi connectivity index (χ4v) is 2.62. The molecule has 16 heavy (non-hydrogen) atoms. The smallest absolute Gasteiger partial charge is 0.350 e. The second kappa shape index (κ2) is 3.87. The molecule has 0 aromatic carbocycles. The summed E-state index contributed by atoms with van der Waals surface area (Å²) in [5.41, 5.74) is 0.108. The highest BCUT2D eigenvalue weighted by Crippen LogP contribution is 2.49. The van der Waals surface area contributed by atoms with Gasteiger partial charge in [0.25, 0.3) is 0 Å². The Labute approximate surface area is 97.9 Å². The largest absolute Gasteiger partial charge is 0.465 e. The molecule has 1 aromatic rings. The molecule has 0 spiro atoms. The second-order valence-electron chi connectivity index (χ2n) is 3.82. The molecule has 0 unspecified atom stereocenters. The molecule has 0 atom stereocenters. The molecule has 2 rings (SSSR count). The lowest BCUT2D eigenvalue weighted by Crippen LogP contribution is -2.11. The molecule has 4 nitrogen and oxygen atoms in total. The molecule has 0 radical (unpaired) electrons. The Morgan fingerprint density at radius 2 is 2.38 bits per heavy atom. The maximum Gasteiger partial charge on any atom is 0.350 e. The van der Waals surface area contributed by atoms with Gasteiger partial charge in [-0.25, -0.2) is 9.78 Å². The summed E-state index contributed by atoms with van der Waals surface area (Å²) in [4.78, 5) is 16.5. The van der Waals surface area contributed by atoms with Gasteiger partial charge in [-0.05, 0) is 19.3 Å². The highest BCUT2D eigenvalue weighted by Gasteiger charge is 2.49. The van der Waals surface area contributed by atoms with E-state index in [2.05, 4.69) is 11.1 Å². The van der Waals surface area contributed by atoms with Crippen LogP contribution in [0.3, 0.4) is 0 Å². The van der Waals surface area contributed by atoms with E-state index in [-0.39, 0.29) is 5.97 Å². The number of methoxy groups -OCH3 is 1. The topological polar surface area (TPSA) is 63.0 Å². The van der Waals surface area contributed by atoms with E-state index in [1.165, 1.54) is 18.4 Å². The van der Waals surface area contributed by atoms with Crippen LogP contribution < -0.4 is 0 Å². The Balaban J connectivity index is 2.48. The minimum atomic E-state index is -0.520. The van der Waals surface area contributed by atoms with Gasteiger partial charge < -0.3 is 4.74 Å². The quantitative estimate of drug-likeness (QED) is 0.753. The molecule has 84 valence electrons. The third-order valence-corrected chi connectivity index (χ3v) is 3.94. The predicted molar refractivity (Wildman–Crippen MR) is 59.4 cm³/mol. The average Bonchev–Trinajstić information content (AvgIpc) is 3.00. The summed E-state index contributed by atoms with van der Waals surface area (Å²) < 4.78 is 4.72. The zero-order valence-electron chi connectivity index (χ0n) is 9.24. The van der Waals surface area contributed by atoms with E-state index in [1.54, 1.807) is 0 Å². The Kier molecular flexibility index (Phi) is 2.68. The van der Waals surface area contributed by atoms with E-state index in [0.29, 0.717) is 10.6 Å². The van der Waals surface area contributed by atoms with Gasteiger partial charge in [0.05, 0.1) is 23.9 Å². The summed E-state index contributed by atoms with van der Waals surface area (Å²) >= 11 is 1.34. The minimum absolute atomic E-state index is 0.381. The number of aromatic nitrogens is 1. The number of nitrogens with zero attached hydrogens (tertiary/aromatic N) is 2. The molecule has 1 heterocycles. The number of ether oxygens (including phenoxy) is 1. The van der Waals surface area contributed by atoms with Crippen molar-refractivity contribution in [2.24, 2.45) is 0 Å². The highest BCUT2D eigenvalue weighted by atomic mass is 32.1. The first-order chi connectivity index (χ1) is 7.66. The molecular formula is C11H12N2O2S. The zero-order chi connectivity index (χ0) is 11.8. The Morgan fingerprint density at radius 3 is 2.81 bits per heavy atom. The number of esters is 1. The van der Waals surface area contributed by atoms with Gasteiger partial charge in [0.1, 0.15) is 10.3 Å². The maximum absolute atomic E-state index is 11.6. The summed E-state index contributed by atoms with van der Waals surface area (Å²) in [6, 6.07) is 2.26. The second-order valence-corrected chi connectivity index (χ2v) is 4.91. The van der Waals surface area contributed by atoms with Crippen molar-refractivity contribution in [3.63, 3.8) is 0 Å². The molecule has 1 aromatic heterocycles. The molecule has 1 aliphatic carbocycles. The standard InChI is InChI=1S/C11H12N2O2S/c1-3-7-13-9(11(6-12)4-5-11)8(16-7)10(14)15-2/h3-5H2,1-2H3. The summed E-state index contributed by atoms with van der Waals surface area (Å²) in [7, 11) is 1.35. The molecule has 1 aliphatic rings. The minimum Gasteiger partial charge on any atom is -0.465 e. The van der Waals surface area contributed by atoms with Crippen LogP contribution in [0.5, 0.6) is 0 Å². The first-order valence-electron chi connectivity index (χ1n) is 5.16. The number of nitriles is 1. The lowest BCUT2D eigenvalue weighted by Gasteiger charge is -2.03. The van der Waals surface area contributed by atoms with Gasteiger partial charge in [-0.1, -0.05) is 6.92 Å². The number of rotatable bonds is 3. The van der Waals surface area contributed by atoms with Crippen LogP contribution in [0, 0.1) is 11.3 Å². The van der Waals surface area contributed by atoms with Gasteiger partial charge >= 0.3 is 5.97 Å². The van der Waals surface area contributed by atoms with Crippen LogP contribution in [0.15, 0.2) is 0 Å². The van der Waals surface area contributed by atoms with Crippen molar-refractivity contribution in [2.45, 2.75) is 31.6 Å². The van der Waals surface area contributed by atoms with Gasteiger partial charge in [-0.3, -0.25) is 0 Å². The number of carbonyl (C=O) groups is 1.